The summed E-state index contributed by atoms with van der Waals surface area (Å²) in [6.07, 6.45) is 0.716. The molecule has 0 saturated carbocycles. The summed E-state index contributed by atoms with van der Waals surface area (Å²) < 4.78 is 0. The standard InChI is InChI=1S/C12H13ClN2O3/c13-10-5-8(1-2-9(10)12(17)18)15-4-3-7(6-15)11(14)16/h1-2,5,7H,3-4,6H2,(H2,14,16)(H,17,18). The minimum atomic E-state index is -1.05. The molecule has 1 aromatic rings. The molecule has 0 spiro atoms. The van der Waals surface area contributed by atoms with Crippen molar-refractivity contribution >= 4 is 29.2 Å². The first kappa shape index (κ1) is 12.7. The molecule has 1 fully saturated rings. The van der Waals surface area contributed by atoms with Crippen LogP contribution in [-0.2, 0) is 4.79 Å². The fraction of sp³-hybridized carbons (Fsp3) is 0.333. The quantitative estimate of drug-likeness (QED) is 0.867. The Bertz CT molecular complexity index is 504. The third kappa shape index (κ3) is 2.41. The lowest BCUT2D eigenvalue weighted by atomic mass is 10.1. The SMILES string of the molecule is NC(=O)C1CCN(c2ccc(C(=O)O)c(Cl)c2)C1. The summed E-state index contributed by atoms with van der Waals surface area (Å²) in [6.45, 7) is 1.27. The van der Waals surface area contributed by atoms with Crippen molar-refractivity contribution < 1.29 is 14.7 Å². The van der Waals surface area contributed by atoms with Gasteiger partial charge in [-0.15, -0.1) is 0 Å². The third-order valence-corrected chi connectivity index (χ3v) is 3.45. The Labute approximate surface area is 109 Å². The average Bonchev–Trinajstić information content (AvgIpc) is 2.77. The van der Waals surface area contributed by atoms with E-state index in [1.165, 1.54) is 6.07 Å². The largest absolute Gasteiger partial charge is 0.478 e. The molecule has 6 heteroatoms. The molecule has 1 aliphatic rings. The number of carbonyl (C=O) groups is 2. The summed E-state index contributed by atoms with van der Waals surface area (Å²) in [4.78, 5) is 23.9. The summed E-state index contributed by atoms with van der Waals surface area (Å²) in [7, 11) is 0. The van der Waals surface area contributed by atoms with Crippen LogP contribution in [0, 0.1) is 5.92 Å². The Kier molecular flexibility index (Phi) is 3.43. The molecule has 0 aliphatic carbocycles. The summed E-state index contributed by atoms with van der Waals surface area (Å²) in [6, 6.07) is 4.77. The maximum absolute atomic E-state index is 11.1. The van der Waals surface area contributed by atoms with Gasteiger partial charge in [0.05, 0.1) is 16.5 Å². The summed E-state index contributed by atoms with van der Waals surface area (Å²) in [5.74, 6) is -1.50. The van der Waals surface area contributed by atoms with Gasteiger partial charge in [-0.25, -0.2) is 4.79 Å². The zero-order chi connectivity index (χ0) is 13.3. The number of carboxylic acid groups (broad SMARTS) is 1. The first-order valence-electron chi connectivity index (χ1n) is 5.56. The van der Waals surface area contributed by atoms with E-state index >= 15 is 0 Å². The van der Waals surface area contributed by atoms with Crippen LogP contribution in [0.3, 0.4) is 0 Å². The lowest BCUT2D eigenvalue weighted by molar-refractivity contribution is -0.121. The predicted octanol–water partition coefficient (Wildman–Crippen LogP) is 1.35. The number of halogens is 1. The van der Waals surface area contributed by atoms with Gasteiger partial charge in [0.15, 0.2) is 0 Å². The molecule has 5 nitrogen and oxygen atoms in total. The Morgan fingerprint density at radius 1 is 1.44 bits per heavy atom. The molecule has 3 N–H and O–H groups in total. The number of carboxylic acids is 1. The fourth-order valence-corrected chi connectivity index (χ4v) is 2.36. The smallest absolute Gasteiger partial charge is 0.337 e. The molecule has 1 aliphatic heterocycles. The minimum Gasteiger partial charge on any atom is -0.478 e. The van der Waals surface area contributed by atoms with Gasteiger partial charge < -0.3 is 15.7 Å². The Morgan fingerprint density at radius 2 is 2.17 bits per heavy atom. The number of carbonyl (C=O) groups excluding carboxylic acids is 1. The molecule has 0 aromatic heterocycles. The second-order valence-corrected chi connectivity index (χ2v) is 4.71. The van der Waals surface area contributed by atoms with Crippen molar-refractivity contribution in [1.29, 1.82) is 0 Å². The van der Waals surface area contributed by atoms with E-state index in [0.29, 0.717) is 13.0 Å². The van der Waals surface area contributed by atoms with Crippen LogP contribution < -0.4 is 10.6 Å². The van der Waals surface area contributed by atoms with Crippen LogP contribution in [0.5, 0.6) is 0 Å². The van der Waals surface area contributed by atoms with E-state index in [-0.39, 0.29) is 22.4 Å². The van der Waals surface area contributed by atoms with Crippen molar-refractivity contribution in [3.8, 4) is 0 Å². The lowest BCUT2D eigenvalue weighted by Gasteiger charge is -2.18. The molecule has 1 heterocycles. The van der Waals surface area contributed by atoms with Crippen molar-refractivity contribution in [3.63, 3.8) is 0 Å². The highest BCUT2D eigenvalue weighted by atomic mass is 35.5. The number of nitrogens with zero attached hydrogens (tertiary/aromatic N) is 1. The number of anilines is 1. The maximum Gasteiger partial charge on any atom is 0.337 e. The molecule has 1 saturated heterocycles. The van der Waals surface area contributed by atoms with Crippen LogP contribution in [0.4, 0.5) is 5.69 Å². The van der Waals surface area contributed by atoms with Crippen molar-refractivity contribution in [3.05, 3.63) is 28.8 Å². The minimum absolute atomic E-state index is 0.0751. The predicted molar refractivity (Wildman–Crippen MR) is 67.9 cm³/mol. The second kappa shape index (κ2) is 4.86. The number of hydrogen-bond acceptors (Lipinski definition) is 3. The van der Waals surface area contributed by atoms with E-state index in [2.05, 4.69) is 0 Å². The Hall–Kier alpha value is -1.75. The first-order valence-corrected chi connectivity index (χ1v) is 5.94. The van der Waals surface area contributed by atoms with Gasteiger partial charge in [-0.3, -0.25) is 4.79 Å². The molecule has 0 bridgehead atoms. The molecule has 2 rings (SSSR count). The number of amides is 1. The van der Waals surface area contributed by atoms with Crippen LogP contribution in [0.25, 0.3) is 0 Å². The number of aromatic carboxylic acids is 1. The topological polar surface area (TPSA) is 83.6 Å². The zero-order valence-electron chi connectivity index (χ0n) is 9.60. The molecular weight excluding hydrogens is 256 g/mol. The van der Waals surface area contributed by atoms with Crippen molar-refractivity contribution in [1.82, 2.24) is 0 Å². The van der Waals surface area contributed by atoms with E-state index in [9.17, 15) is 9.59 Å². The molecule has 96 valence electrons. The highest BCUT2D eigenvalue weighted by molar-refractivity contribution is 6.33. The van der Waals surface area contributed by atoms with E-state index in [4.69, 9.17) is 22.4 Å². The monoisotopic (exact) mass is 268 g/mol. The van der Waals surface area contributed by atoms with Gasteiger partial charge in [0.2, 0.25) is 5.91 Å². The van der Waals surface area contributed by atoms with Crippen molar-refractivity contribution in [2.45, 2.75) is 6.42 Å². The fourth-order valence-electron chi connectivity index (χ4n) is 2.10. The molecular formula is C12H13ClN2O3. The highest BCUT2D eigenvalue weighted by Crippen LogP contribution is 2.28. The van der Waals surface area contributed by atoms with E-state index < -0.39 is 5.97 Å². The van der Waals surface area contributed by atoms with Crippen LogP contribution in [0.1, 0.15) is 16.8 Å². The lowest BCUT2D eigenvalue weighted by Crippen LogP contribution is -2.27. The summed E-state index contributed by atoms with van der Waals surface area (Å²) in [5.41, 5.74) is 6.15. The molecule has 0 radical (unpaired) electrons. The van der Waals surface area contributed by atoms with Crippen molar-refractivity contribution in [2.24, 2.45) is 11.7 Å². The molecule has 1 amide bonds. The van der Waals surface area contributed by atoms with Gasteiger partial charge in [-0.05, 0) is 24.6 Å². The van der Waals surface area contributed by atoms with E-state index in [1.807, 2.05) is 4.90 Å². The average molecular weight is 269 g/mol. The van der Waals surface area contributed by atoms with Gasteiger partial charge in [0.25, 0.3) is 0 Å². The van der Waals surface area contributed by atoms with Gasteiger partial charge in [0, 0.05) is 18.8 Å². The number of nitrogens with two attached hydrogens (primary N) is 1. The summed E-state index contributed by atoms with van der Waals surface area (Å²) in [5, 5.41) is 9.07. The summed E-state index contributed by atoms with van der Waals surface area (Å²) >= 11 is 5.90. The Balaban J connectivity index is 2.18. The molecule has 1 atom stereocenters. The van der Waals surface area contributed by atoms with Crippen LogP contribution in [0.15, 0.2) is 18.2 Å². The number of benzene rings is 1. The zero-order valence-corrected chi connectivity index (χ0v) is 10.4. The highest BCUT2D eigenvalue weighted by Gasteiger charge is 2.27. The van der Waals surface area contributed by atoms with E-state index in [0.717, 1.165) is 12.2 Å². The first-order chi connectivity index (χ1) is 8.49. The normalized spacial score (nSPS) is 18.9. The molecule has 18 heavy (non-hydrogen) atoms. The van der Waals surface area contributed by atoms with Gasteiger partial charge in [0.1, 0.15) is 0 Å². The number of rotatable bonds is 3. The van der Waals surface area contributed by atoms with Gasteiger partial charge in [-0.2, -0.15) is 0 Å². The number of hydrogen-bond donors (Lipinski definition) is 2. The van der Waals surface area contributed by atoms with Crippen molar-refractivity contribution in [2.75, 3.05) is 18.0 Å². The van der Waals surface area contributed by atoms with Gasteiger partial charge >= 0.3 is 5.97 Å². The Morgan fingerprint density at radius 3 is 2.67 bits per heavy atom. The van der Waals surface area contributed by atoms with Crippen LogP contribution in [0.2, 0.25) is 5.02 Å². The maximum atomic E-state index is 11.1. The van der Waals surface area contributed by atoms with Crippen LogP contribution in [-0.4, -0.2) is 30.1 Å². The second-order valence-electron chi connectivity index (χ2n) is 4.30. The van der Waals surface area contributed by atoms with E-state index in [1.54, 1.807) is 12.1 Å². The number of primary amides is 1. The molecule has 1 unspecified atom stereocenters. The van der Waals surface area contributed by atoms with Gasteiger partial charge in [-0.1, -0.05) is 11.6 Å². The molecule has 1 aromatic carbocycles. The third-order valence-electron chi connectivity index (χ3n) is 3.14. The van der Waals surface area contributed by atoms with Crippen LogP contribution >= 0.6 is 11.6 Å².